The summed E-state index contributed by atoms with van der Waals surface area (Å²) < 4.78 is 5.60. The molecule has 0 bridgehead atoms. The van der Waals surface area contributed by atoms with Gasteiger partial charge in [0.15, 0.2) is 0 Å². The van der Waals surface area contributed by atoms with Crippen molar-refractivity contribution in [1.82, 2.24) is 10.4 Å². The number of para-hydroxylation sites is 1. The molecule has 2 aromatic carbocycles. The number of carbonyl (C=O) groups excluding carboxylic acids is 1. The number of anilines is 1. The Morgan fingerprint density at radius 3 is 2.71 bits per heavy atom. The van der Waals surface area contributed by atoms with E-state index in [1.807, 2.05) is 12.1 Å². The maximum atomic E-state index is 11.2. The number of hydroxylamine groups is 1. The summed E-state index contributed by atoms with van der Waals surface area (Å²) in [5.74, 6) is 0.0291. The quantitative estimate of drug-likeness (QED) is 0.344. The Morgan fingerprint density at radius 1 is 1.16 bits per heavy atom. The van der Waals surface area contributed by atoms with Crippen LogP contribution in [0.1, 0.15) is 41.9 Å². The molecule has 1 unspecified atom stereocenters. The van der Waals surface area contributed by atoms with E-state index in [0.29, 0.717) is 12.0 Å². The molecule has 0 saturated carbocycles. The van der Waals surface area contributed by atoms with Crippen molar-refractivity contribution in [3.63, 3.8) is 0 Å². The Kier molecular flexibility index (Phi) is 7.35. The van der Waals surface area contributed by atoms with Crippen molar-refractivity contribution < 1.29 is 14.7 Å². The van der Waals surface area contributed by atoms with Gasteiger partial charge in [0, 0.05) is 50.0 Å². The molecule has 1 amide bonds. The van der Waals surface area contributed by atoms with E-state index in [1.54, 1.807) is 11.6 Å². The highest BCUT2D eigenvalue weighted by atomic mass is 16.5. The second-order valence-electron chi connectivity index (χ2n) is 8.32. The maximum absolute atomic E-state index is 11.2. The van der Waals surface area contributed by atoms with Crippen molar-refractivity contribution in [3.8, 4) is 0 Å². The van der Waals surface area contributed by atoms with Crippen LogP contribution in [0, 0.1) is 0 Å². The van der Waals surface area contributed by atoms with Gasteiger partial charge in [-0.2, -0.15) is 0 Å². The van der Waals surface area contributed by atoms with E-state index in [2.05, 4.69) is 46.6 Å². The molecule has 0 aliphatic carbocycles. The Hall–Kier alpha value is -2.67. The Morgan fingerprint density at radius 2 is 1.94 bits per heavy atom. The highest BCUT2D eigenvalue weighted by molar-refractivity contribution is 5.90. The number of benzene rings is 2. The van der Waals surface area contributed by atoms with Crippen LogP contribution in [0.3, 0.4) is 0 Å². The van der Waals surface area contributed by atoms with Crippen molar-refractivity contribution in [3.05, 3.63) is 71.3 Å². The first kappa shape index (κ1) is 21.6. The number of nitrogens with one attached hydrogen (secondary N) is 2. The van der Waals surface area contributed by atoms with E-state index < -0.39 is 5.91 Å². The van der Waals surface area contributed by atoms with Crippen LogP contribution in [0.5, 0.6) is 0 Å². The van der Waals surface area contributed by atoms with Gasteiger partial charge in [0.05, 0.1) is 0 Å². The predicted molar refractivity (Wildman–Crippen MR) is 122 cm³/mol. The first-order valence-corrected chi connectivity index (χ1v) is 11.1. The molecule has 1 fully saturated rings. The lowest BCUT2D eigenvalue weighted by Gasteiger charge is -2.35. The second-order valence-corrected chi connectivity index (χ2v) is 8.32. The smallest absolute Gasteiger partial charge is 0.267 e. The molecule has 2 aliphatic rings. The molecular weight excluding hydrogens is 390 g/mol. The summed E-state index contributed by atoms with van der Waals surface area (Å²) in [4.78, 5) is 13.8. The van der Waals surface area contributed by atoms with Gasteiger partial charge in [-0.1, -0.05) is 42.5 Å². The Bertz CT molecular complexity index is 891. The van der Waals surface area contributed by atoms with Gasteiger partial charge in [-0.25, -0.2) is 5.48 Å². The van der Waals surface area contributed by atoms with Gasteiger partial charge in [-0.3, -0.25) is 14.9 Å². The molecule has 31 heavy (non-hydrogen) atoms. The van der Waals surface area contributed by atoms with Gasteiger partial charge in [-0.05, 0) is 54.6 Å². The number of fused-ring (bicyclic) bond motifs is 1. The normalized spacial score (nSPS) is 18.8. The molecule has 0 radical (unpaired) electrons. The van der Waals surface area contributed by atoms with E-state index >= 15 is 0 Å². The number of nitrogens with zero attached hydrogens (tertiary/aromatic N) is 1. The van der Waals surface area contributed by atoms with E-state index in [4.69, 9.17) is 9.94 Å². The number of hydrogen-bond donors (Lipinski definition) is 3. The highest BCUT2D eigenvalue weighted by Gasteiger charge is 2.25. The van der Waals surface area contributed by atoms with E-state index in [9.17, 15) is 4.79 Å². The van der Waals surface area contributed by atoms with Gasteiger partial charge in [0.1, 0.15) is 0 Å². The predicted octanol–water partition coefficient (Wildman–Crippen LogP) is 3.79. The van der Waals surface area contributed by atoms with Crippen LogP contribution >= 0.6 is 0 Å². The Labute approximate surface area is 183 Å². The summed E-state index contributed by atoms with van der Waals surface area (Å²) in [5, 5.41) is 12.1. The maximum Gasteiger partial charge on any atom is 0.267 e. The fraction of sp³-hybridized carbons (Fsp3) is 0.400. The molecule has 164 valence electrons. The number of hydrogen-bond acceptors (Lipinski definition) is 5. The van der Waals surface area contributed by atoms with E-state index in [0.717, 1.165) is 57.7 Å². The third-order valence-electron chi connectivity index (χ3n) is 6.31. The fourth-order valence-electron chi connectivity index (χ4n) is 4.56. The van der Waals surface area contributed by atoms with Gasteiger partial charge >= 0.3 is 0 Å². The second kappa shape index (κ2) is 10.6. The molecule has 1 saturated heterocycles. The summed E-state index contributed by atoms with van der Waals surface area (Å²) in [6.07, 6.45) is 6.30. The van der Waals surface area contributed by atoms with Crippen LogP contribution in [-0.2, 0) is 16.1 Å². The summed E-state index contributed by atoms with van der Waals surface area (Å²) in [5.41, 5.74) is 6.52. The van der Waals surface area contributed by atoms with Crippen LogP contribution in [0.15, 0.2) is 54.6 Å². The molecule has 2 aromatic rings. The van der Waals surface area contributed by atoms with Crippen molar-refractivity contribution in [2.24, 2.45) is 0 Å². The molecule has 4 rings (SSSR count). The molecule has 6 nitrogen and oxygen atoms in total. The molecule has 2 aliphatic heterocycles. The van der Waals surface area contributed by atoms with Crippen LogP contribution in [0.4, 0.5) is 5.69 Å². The first-order chi connectivity index (χ1) is 15.2. The van der Waals surface area contributed by atoms with Crippen LogP contribution in [0.2, 0.25) is 0 Å². The summed E-state index contributed by atoms with van der Waals surface area (Å²) in [6, 6.07) is 17.5. The zero-order valence-corrected chi connectivity index (χ0v) is 17.8. The molecule has 2 heterocycles. The SMILES string of the molecule is O=C(/C=C/c1ccc(CN(CCC2CNc3ccccc32)C2CCOCC2)cc1)NO. The van der Waals surface area contributed by atoms with Gasteiger partial charge < -0.3 is 10.1 Å². The first-order valence-electron chi connectivity index (χ1n) is 11.1. The molecule has 3 N–H and O–H groups in total. The molecular formula is C25H31N3O3. The van der Waals surface area contributed by atoms with Crippen molar-refractivity contribution in [1.29, 1.82) is 0 Å². The van der Waals surface area contributed by atoms with E-state index in [1.165, 1.54) is 22.9 Å². The lowest BCUT2D eigenvalue weighted by Crippen LogP contribution is -2.40. The number of carbonyl (C=O) groups is 1. The third kappa shape index (κ3) is 5.73. The van der Waals surface area contributed by atoms with Crippen molar-refractivity contribution >= 4 is 17.7 Å². The minimum atomic E-state index is -0.530. The van der Waals surface area contributed by atoms with Gasteiger partial charge in [0.2, 0.25) is 0 Å². The lowest BCUT2D eigenvalue weighted by atomic mass is 9.96. The van der Waals surface area contributed by atoms with Crippen LogP contribution < -0.4 is 10.8 Å². The third-order valence-corrected chi connectivity index (χ3v) is 6.31. The number of rotatable bonds is 8. The average Bonchev–Trinajstić information content (AvgIpc) is 3.24. The topological polar surface area (TPSA) is 73.8 Å². The zero-order chi connectivity index (χ0) is 21.5. The van der Waals surface area contributed by atoms with Crippen LogP contribution in [0.25, 0.3) is 6.08 Å². The van der Waals surface area contributed by atoms with Gasteiger partial charge in [-0.15, -0.1) is 0 Å². The zero-order valence-electron chi connectivity index (χ0n) is 17.8. The molecule has 0 spiro atoms. The monoisotopic (exact) mass is 421 g/mol. The molecule has 0 aromatic heterocycles. The Balaban J connectivity index is 1.41. The standard InChI is InChI=1S/C25H31N3O3/c29-25(27-30)10-9-19-5-7-20(8-6-19)18-28(22-12-15-31-16-13-22)14-11-21-17-26-24-4-2-1-3-23(21)24/h1-10,21-22,26,30H,11-18H2,(H,27,29)/b10-9+. The minimum Gasteiger partial charge on any atom is -0.384 e. The van der Waals surface area contributed by atoms with Gasteiger partial charge in [0.25, 0.3) is 5.91 Å². The fourth-order valence-corrected chi connectivity index (χ4v) is 4.56. The average molecular weight is 422 g/mol. The largest absolute Gasteiger partial charge is 0.384 e. The van der Waals surface area contributed by atoms with Crippen molar-refractivity contribution in [2.45, 2.75) is 37.8 Å². The molecule has 1 atom stereocenters. The number of amides is 1. The van der Waals surface area contributed by atoms with Crippen molar-refractivity contribution in [2.75, 3.05) is 31.6 Å². The number of ether oxygens (including phenoxy) is 1. The molecule has 6 heteroatoms. The van der Waals surface area contributed by atoms with E-state index in [-0.39, 0.29) is 0 Å². The summed E-state index contributed by atoms with van der Waals surface area (Å²) >= 11 is 0. The summed E-state index contributed by atoms with van der Waals surface area (Å²) in [7, 11) is 0. The highest BCUT2D eigenvalue weighted by Crippen LogP contribution is 2.33. The summed E-state index contributed by atoms with van der Waals surface area (Å²) in [6.45, 7) is 4.66. The van der Waals surface area contributed by atoms with Crippen LogP contribution in [-0.4, -0.2) is 48.4 Å². The lowest BCUT2D eigenvalue weighted by molar-refractivity contribution is -0.124. The minimum absolute atomic E-state index is 0.530.